The summed E-state index contributed by atoms with van der Waals surface area (Å²) in [5.74, 6) is -2.13. The molecule has 0 fully saturated rings. The Balaban J connectivity index is 2.55. The van der Waals surface area contributed by atoms with Crippen LogP contribution in [0.2, 0.25) is 0 Å². The summed E-state index contributed by atoms with van der Waals surface area (Å²) in [6.07, 6.45) is -0.0716. The van der Waals surface area contributed by atoms with Crippen molar-refractivity contribution in [3.8, 4) is 0 Å². The SMILES string of the molecule is COC(=O)C(Cc1ccc(Br)cc1)(C(=O)OC)[C@@H](Br)C(=O)c1ccc(Br)cc1. The zero-order valence-electron chi connectivity index (χ0n) is 15.1. The Kier molecular flexibility index (Phi) is 7.97. The molecule has 1 atom stereocenters. The fourth-order valence-corrected chi connectivity index (χ4v) is 4.13. The lowest BCUT2D eigenvalue weighted by Gasteiger charge is -2.32. The Hall–Kier alpha value is -1.51. The summed E-state index contributed by atoms with van der Waals surface area (Å²) in [6.45, 7) is 0. The van der Waals surface area contributed by atoms with Crippen LogP contribution in [0.4, 0.5) is 0 Å². The standard InChI is InChI=1S/C20H17Br3O5/c1-27-18(25)20(19(26)28-2,11-12-3-7-14(21)8-4-12)17(23)16(24)13-5-9-15(22)10-6-13/h3-10,17H,11H2,1-2H3/t17-/m0/s1. The lowest BCUT2D eigenvalue weighted by molar-refractivity contribution is -0.168. The lowest BCUT2D eigenvalue weighted by atomic mass is 9.76. The Labute approximate surface area is 188 Å². The van der Waals surface area contributed by atoms with Gasteiger partial charge in [-0.3, -0.25) is 14.4 Å². The van der Waals surface area contributed by atoms with Crippen molar-refractivity contribution in [2.45, 2.75) is 11.2 Å². The Morgan fingerprint density at radius 3 is 1.71 bits per heavy atom. The Morgan fingerprint density at radius 1 is 0.857 bits per heavy atom. The third-order valence-electron chi connectivity index (χ3n) is 4.29. The number of carbonyl (C=O) groups excluding carboxylic acids is 3. The van der Waals surface area contributed by atoms with Gasteiger partial charge in [0.15, 0.2) is 11.2 Å². The van der Waals surface area contributed by atoms with Crippen LogP contribution in [0.15, 0.2) is 57.5 Å². The van der Waals surface area contributed by atoms with Gasteiger partial charge in [0, 0.05) is 20.9 Å². The molecule has 2 aromatic carbocycles. The fraction of sp³-hybridized carbons (Fsp3) is 0.250. The molecule has 0 bridgehead atoms. The first kappa shape index (κ1) is 22.8. The number of ketones is 1. The summed E-state index contributed by atoms with van der Waals surface area (Å²) in [4.78, 5) is 37.5. The Bertz CT molecular complexity index is 846. The molecule has 0 aliphatic heterocycles. The van der Waals surface area contributed by atoms with E-state index in [-0.39, 0.29) is 6.42 Å². The number of methoxy groups -OCH3 is 2. The van der Waals surface area contributed by atoms with Crippen LogP contribution in [0.5, 0.6) is 0 Å². The van der Waals surface area contributed by atoms with Gasteiger partial charge in [0.1, 0.15) is 4.83 Å². The van der Waals surface area contributed by atoms with Crippen LogP contribution in [0.3, 0.4) is 0 Å². The average Bonchev–Trinajstić information content (AvgIpc) is 2.71. The van der Waals surface area contributed by atoms with Gasteiger partial charge in [0.2, 0.25) is 0 Å². The Morgan fingerprint density at radius 2 is 1.29 bits per heavy atom. The first-order valence-electron chi connectivity index (χ1n) is 8.11. The minimum atomic E-state index is -1.89. The largest absolute Gasteiger partial charge is 0.468 e. The zero-order chi connectivity index (χ0) is 20.9. The van der Waals surface area contributed by atoms with Crippen molar-refractivity contribution in [2.75, 3.05) is 14.2 Å². The molecule has 8 heteroatoms. The number of hydrogen-bond donors (Lipinski definition) is 0. The van der Waals surface area contributed by atoms with E-state index in [1.165, 1.54) is 14.2 Å². The summed E-state index contributed by atoms with van der Waals surface area (Å²) in [5.41, 5.74) is -0.869. The molecule has 2 rings (SSSR count). The number of halogens is 3. The summed E-state index contributed by atoms with van der Waals surface area (Å²) < 4.78 is 11.5. The van der Waals surface area contributed by atoms with Crippen molar-refractivity contribution in [3.05, 3.63) is 68.6 Å². The molecular weight excluding hydrogens is 560 g/mol. The van der Waals surface area contributed by atoms with Gasteiger partial charge >= 0.3 is 11.9 Å². The maximum absolute atomic E-state index is 13.1. The highest BCUT2D eigenvalue weighted by atomic mass is 79.9. The molecule has 0 spiro atoms. The molecule has 0 N–H and O–H groups in total. The molecule has 148 valence electrons. The van der Waals surface area contributed by atoms with Gasteiger partial charge in [-0.25, -0.2) is 0 Å². The van der Waals surface area contributed by atoms with Crippen molar-refractivity contribution in [1.82, 2.24) is 0 Å². The summed E-state index contributed by atoms with van der Waals surface area (Å²) >= 11 is 9.97. The van der Waals surface area contributed by atoms with Crippen molar-refractivity contribution in [3.63, 3.8) is 0 Å². The molecular formula is C20H17Br3O5. The van der Waals surface area contributed by atoms with Crippen LogP contribution in [-0.2, 0) is 25.5 Å². The number of rotatable bonds is 7. The first-order chi connectivity index (χ1) is 13.3. The molecule has 0 heterocycles. The second-order valence-corrected chi connectivity index (χ2v) is 8.74. The highest BCUT2D eigenvalue weighted by Crippen LogP contribution is 2.37. The van der Waals surface area contributed by atoms with Gasteiger partial charge in [0.05, 0.1) is 14.2 Å². The average molecular weight is 577 g/mol. The van der Waals surface area contributed by atoms with Gasteiger partial charge in [0.25, 0.3) is 0 Å². The third-order valence-corrected chi connectivity index (χ3v) is 6.54. The van der Waals surface area contributed by atoms with E-state index in [1.54, 1.807) is 48.5 Å². The number of benzene rings is 2. The molecule has 0 aromatic heterocycles. The van der Waals surface area contributed by atoms with Gasteiger partial charge in [-0.1, -0.05) is 72.1 Å². The van der Waals surface area contributed by atoms with Crippen molar-refractivity contribution < 1.29 is 23.9 Å². The van der Waals surface area contributed by atoms with Crippen LogP contribution in [0, 0.1) is 5.41 Å². The monoisotopic (exact) mass is 574 g/mol. The molecule has 0 saturated heterocycles. The number of carbonyl (C=O) groups is 3. The molecule has 5 nitrogen and oxygen atoms in total. The first-order valence-corrected chi connectivity index (χ1v) is 10.6. The van der Waals surface area contributed by atoms with Crippen LogP contribution >= 0.6 is 47.8 Å². The van der Waals surface area contributed by atoms with Gasteiger partial charge in [-0.05, 0) is 29.8 Å². The topological polar surface area (TPSA) is 69.7 Å². The normalized spacial score (nSPS) is 12.2. The third kappa shape index (κ3) is 4.72. The molecule has 0 aliphatic carbocycles. The van der Waals surface area contributed by atoms with Crippen LogP contribution in [-0.4, -0.2) is 36.8 Å². The highest BCUT2D eigenvalue weighted by molar-refractivity contribution is 9.11. The van der Waals surface area contributed by atoms with Gasteiger partial charge < -0.3 is 9.47 Å². The summed E-state index contributed by atoms with van der Waals surface area (Å²) in [5, 5.41) is 0. The second-order valence-electron chi connectivity index (χ2n) is 5.99. The predicted molar refractivity (Wildman–Crippen MR) is 115 cm³/mol. The van der Waals surface area contributed by atoms with E-state index >= 15 is 0 Å². The van der Waals surface area contributed by atoms with Crippen LogP contribution < -0.4 is 0 Å². The quantitative estimate of drug-likeness (QED) is 0.206. The minimum Gasteiger partial charge on any atom is -0.468 e. The van der Waals surface area contributed by atoms with Crippen LogP contribution in [0.1, 0.15) is 15.9 Å². The molecule has 0 unspecified atom stereocenters. The summed E-state index contributed by atoms with van der Waals surface area (Å²) in [7, 11) is 2.34. The maximum Gasteiger partial charge on any atom is 0.325 e. The number of esters is 2. The van der Waals surface area contributed by atoms with Crippen molar-refractivity contribution in [2.24, 2.45) is 5.41 Å². The highest BCUT2D eigenvalue weighted by Gasteiger charge is 2.56. The van der Waals surface area contributed by atoms with Crippen LogP contribution in [0.25, 0.3) is 0 Å². The molecule has 0 saturated carbocycles. The lowest BCUT2D eigenvalue weighted by Crippen LogP contribution is -2.52. The molecule has 0 aliphatic rings. The smallest absolute Gasteiger partial charge is 0.325 e. The van der Waals surface area contributed by atoms with E-state index in [0.29, 0.717) is 11.1 Å². The fourth-order valence-electron chi connectivity index (χ4n) is 2.80. The van der Waals surface area contributed by atoms with E-state index in [1.807, 2.05) is 0 Å². The van der Waals surface area contributed by atoms with E-state index in [2.05, 4.69) is 47.8 Å². The number of alkyl halides is 1. The maximum atomic E-state index is 13.1. The summed E-state index contributed by atoms with van der Waals surface area (Å²) in [6, 6.07) is 13.7. The van der Waals surface area contributed by atoms with Gasteiger partial charge in [-0.2, -0.15) is 0 Å². The number of hydrogen-bond acceptors (Lipinski definition) is 5. The van der Waals surface area contributed by atoms with E-state index < -0.39 is 28.0 Å². The molecule has 28 heavy (non-hydrogen) atoms. The van der Waals surface area contributed by atoms with Crippen molar-refractivity contribution in [1.29, 1.82) is 0 Å². The van der Waals surface area contributed by atoms with Gasteiger partial charge in [-0.15, -0.1) is 0 Å². The number of ether oxygens (including phenoxy) is 2. The molecule has 2 aromatic rings. The van der Waals surface area contributed by atoms with E-state index in [9.17, 15) is 14.4 Å². The zero-order valence-corrected chi connectivity index (χ0v) is 19.8. The van der Waals surface area contributed by atoms with E-state index in [4.69, 9.17) is 9.47 Å². The van der Waals surface area contributed by atoms with E-state index in [0.717, 1.165) is 8.95 Å². The molecule has 0 amide bonds. The predicted octanol–water partition coefficient (Wildman–Crippen LogP) is 4.73. The second kappa shape index (κ2) is 9.80. The number of Topliss-reactive ketones (excluding diaryl/α,β-unsaturated/α-hetero) is 1. The molecule has 0 radical (unpaired) electrons. The van der Waals surface area contributed by atoms with Crippen molar-refractivity contribution >= 4 is 65.5 Å². The minimum absolute atomic E-state index is 0.0716.